The van der Waals surface area contributed by atoms with E-state index in [1.165, 1.54) is 31.0 Å². The molecule has 0 saturated heterocycles. The molecule has 2 heterocycles. The number of carbonyl (C=O) groups is 1. The molecule has 7 heteroatoms. The Morgan fingerprint density at radius 1 is 1.14 bits per heavy atom. The molecule has 0 atom stereocenters. The maximum atomic E-state index is 13.6. The highest BCUT2D eigenvalue weighted by Gasteiger charge is 2.11. The fourth-order valence-corrected chi connectivity index (χ4v) is 2.16. The van der Waals surface area contributed by atoms with E-state index in [2.05, 4.69) is 26.8 Å². The lowest BCUT2D eigenvalue weighted by Crippen LogP contribution is -2.13. The van der Waals surface area contributed by atoms with Gasteiger partial charge in [-0.05, 0) is 30.7 Å². The van der Waals surface area contributed by atoms with Gasteiger partial charge in [0.1, 0.15) is 23.7 Å². The second-order valence-corrected chi connectivity index (χ2v) is 5.44. The van der Waals surface area contributed by atoms with Crippen LogP contribution in [0.1, 0.15) is 36.8 Å². The van der Waals surface area contributed by atoms with E-state index in [0.29, 0.717) is 28.2 Å². The van der Waals surface area contributed by atoms with Crippen LogP contribution in [0.4, 0.5) is 10.2 Å². The zero-order valence-electron chi connectivity index (χ0n) is 15.9. The molecular formula is C21H23FN4O2. The number of hydrogen-bond acceptors (Lipinski definition) is 5. The third-order valence-corrected chi connectivity index (χ3v) is 3.48. The Balaban J connectivity index is 0.00000136. The third kappa shape index (κ3) is 5.44. The summed E-state index contributed by atoms with van der Waals surface area (Å²) in [4.78, 5) is 24.2. The van der Waals surface area contributed by atoms with Crippen LogP contribution in [0.25, 0.3) is 6.08 Å². The first kappa shape index (κ1) is 20.7. The lowest BCUT2D eigenvalue weighted by atomic mass is 10.1. The van der Waals surface area contributed by atoms with Gasteiger partial charge in [0.2, 0.25) is 0 Å². The van der Waals surface area contributed by atoms with Gasteiger partial charge in [0.05, 0.1) is 12.4 Å². The van der Waals surface area contributed by atoms with Crippen molar-refractivity contribution < 1.29 is 15.3 Å². The van der Waals surface area contributed by atoms with Crippen molar-refractivity contribution in [1.82, 2.24) is 15.0 Å². The van der Waals surface area contributed by atoms with E-state index in [9.17, 15) is 9.18 Å². The molecule has 0 aliphatic carbocycles. The quantitative estimate of drug-likeness (QED) is 0.650. The largest absolute Gasteiger partial charge is 0.454 e. The average molecular weight is 382 g/mol. The van der Waals surface area contributed by atoms with Gasteiger partial charge in [-0.3, -0.25) is 4.79 Å². The van der Waals surface area contributed by atoms with Crippen LogP contribution in [0.5, 0.6) is 11.5 Å². The van der Waals surface area contributed by atoms with Crippen molar-refractivity contribution >= 4 is 17.8 Å². The van der Waals surface area contributed by atoms with Crippen LogP contribution >= 0.6 is 0 Å². The highest BCUT2D eigenvalue weighted by atomic mass is 19.1. The number of ether oxygens (including phenoxy) is 1. The number of aryl methyl sites for hydroxylation is 1. The minimum Gasteiger partial charge on any atom is -0.454 e. The number of anilines is 1. The molecule has 3 rings (SSSR count). The Hall–Kier alpha value is -3.61. The number of benzene rings is 1. The highest BCUT2D eigenvalue weighted by Crippen LogP contribution is 2.24. The average Bonchev–Trinajstić information content (AvgIpc) is 2.72. The van der Waals surface area contributed by atoms with Gasteiger partial charge in [-0.25, -0.2) is 19.3 Å². The van der Waals surface area contributed by atoms with Crippen LogP contribution in [0.3, 0.4) is 0 Å². The van der Waals surface area contributed by atoms with E-state index in [4.69, 9.17) is 4.74 Å². The molecule has 0 spiro atoms. The lowest BCUT2D eigenvalue weighted by molar-refractivity contribution is 0.102. The number of amides is 1. The van der Waals surface area contributed by atoms with Gasteiger partial charge in [-0.2, -0.15) is 0 Å². The number of nitrogens with zero attached hydrogens (tertiary/aromatic N) is 3. The van der Waals surface area contributed by atoms with E-state index in [0.717, 1.165) is 0 Å². The van der Waals surface area contributed by atoms with E-state index in [1.54, 1.807) is 31.2 Å². The number of halogens is 1. The van der Waals surface area contributed by atoms with Crippen LogP contribution in [0.2, 0.25) is 0 Å². The number of rotatable bonds is 5. The molecule has 146 valence electrons. The number of carbonyl (C=O) groups excluding carboxylic acids is 1. The van der Waals surface area contributed by atoms with Gasteiger partial charge >= 0.3 is 0 Å². The van der Waals surface area contributed by atoms with E-state index in [-0.39, 0.29) is 7.24 Å². The van der Waals surface area contributed by atoms with Crippen LogP contribution in [0, 0.1) is 12.7 Å². The summed E-state index contributed by atoms with van der Waals surface area (Å²) >= 11 is 0. The Morgan fingerprint density at radius 3 is 2.50 bits per heavy atom. The molecule has 0 unspecified atom stereocenters. The fraction of sp³-hybridized carbons (Fsp3) is 0.143. The number of aromatic nitrogens is 3. The molecule has 0 fully saturated rings. The molecule has 0 bridgehead atoms. The maximum Gasteiger partial charge on any atom is 0.256 e. The summed E-state index contributed by atoms with van der Waals surface area (Å²) in [5.41, 5.74) is 1.40. The zero-order valence-corrected chi connectivity index (χ0v) is 15.9. The lowest BCUT2D eigenvalue weighted by Gasteiger charge is -2.10. The first-order valence-electron chi connectivity index (χ1n) is 8.69. The normalized spacial score (nSPS) is 9.71. The Morgan fingerprint density at radius 2 is 1.86 bits per heavy atom. The standard InChI is InChI=1S/C19H15FN4O2.C2H6.H2/c1-3-13-4-14(6-15(5-13)26-16-9-21-11-22-10-16)19(25)24-18-7-17(20)12(2)8-23-18;1-2;/h3-11H,1H2,2H3,(H,23,24,25);1-2H3;1H. The van der Waals surface area contributed by atoms with Crippen LogP contribution in [-0.4, -0.2) is 20.9 Å². The Bertz CT molecular complexity index is 968. The van der Waals surface area contributed by atoms with Crippen molar-refractivity contribution in [2.75, 3.05) is 5.32 Å². The molecule has 0 saturated carbocycles. The molecule has 0 aliphatic heterocycles. The molecule has 28 heavy (non-hydrogen) atoms. The van der Waals surface area contributed by atoms with Gasteiger partial charge < -0.3 is 10.1 Å². The first-order chi connectivity index (χ1) is 13.5. The van der Waals surface area contributed by atoms with Gasteiger partial charge in [0.25, 0.3) is 5.91 Å². The number of hydrogen-bond donors (Lipinski definition) is 1. The van der Waals surface area contributed by atoms with Crippen LogP contribution in [-0.2, 0) is 0 Å². The monoisotopic (exact) mass is 382 g/mol. The molecule has 0 aliphatic rings. The van der Waals surface area contributed by atoms with Gasteiger partial charge in [0, 0.05) is 24.8 Å². The van der Waals surface area contributed by atoms with E-state index >= 15 is 0 Å². The summed E-state index contributed by atoms with van der Waals surface area (Å²) in [6.45, 7) is 9.31. The molecular weight excluding hydrogens is 359 g/mol. The molecule has 6 nitrogen and oxygen atoms in total. The molecule has 1 N–H and O–H groups in total. The fourth-order valence-electron chi connectivity index (χ4n) is 2.16. The number of pyridine rings is 1. The molecule has 0 radical (unpaired) electrons. The zero-order chi connectivity index (χ0) is 20.5. The van der Waals surface area contributed by atoms with Crippen molar-refractivity contribution in [2.45, 2.75) is 20.8 Å². The van der Waals surface area contributed by atoms with Gasteiger partial charge in [-0.1, -0.05) is 26.5 Å². The Labute approximate surface area is 164 Å². The van der Waals surface area contributed by atoms with Crippen molar-refractivity contribution in [2.24, 2.45) is 0 Å². The molecule has 1 amide bonds. The van der Waals surface area contributed by atoms with Crippen molar-refractivity contribution in [3.63, 3.8) is 0 Å². The van der Waals surface area contributed by atoms with E-state index < -0.39 is 11.7 Å². The van der Waals surface area contributed by atoms with Gasteiger partial charge in [0.15, 0.2) is 5.75 Å². The Kier molecular flexibility index (Phi) is 7.33. The van der Waals surface area contributed by atoms with Crippen LogP contribution < -0.4 is 10.1 Å². The minimum atomic E-state index is -0.446. The summed E-state index contributed by atoms with van der Waals surface area (Å²) < 4.78 is 19.3. The summed E-state index contributed by atoms with van der Waals surface area (Å²) in [6, 6.07) is 6.09. The smallest absolute Gasteiger partial charge is 0.256 e. The first-order valence-corrected chi connectivity index (χ1v) is 8.69. The predicted molar refractivity (Wildman–Crippen MR) is 109 cm³/mol. The molecule has 2 aromatic heterocycles. The summed E-state index contributed by atoms with van der Waals surface area (Å²) in [5, 5.41) is 2.56. The molecule has 1 aromatic carbocycles. The maximum absolute atomic E-state index is 13.6. The number of nitrogens with one attached hydrogen (secondary N) is 1. The highest BCUT2D eigenvalue weighted by molar-refractivity contribution is 6.04. The predicted octanol–water partition coefficient (Wildman–Crippen LogP) is 5.28. The summed E-state index contributed by atoms with van der Waals surface area (Å²) in [5.74, 6) is 0.0932. The van der Waals surface area contributed by atoms with E-state index in [1.807, 2.05) is 13.8 Å². The minimum absolute atomic E-state index is 0. The van der Waals surface area contributed by atoms with Gasteiger partial charge in [-0.15, -0.1) is 0 Å². The molecule has 3 aromatic rings. The topological polar surface area (TPSA) is 77.0 Å². The van der Waals surface area contributed by atoms with Crippen molar-refractivity contribution in [3.05, 3.63) is 78.3 Å². The second-order valence-electron chi connectivity index (χ2n) is 5.44. The second kappa shape index (κ2) is 9.91. The van der Waals surface area contributed by atoms with Crippen molar-refractivity contribution in [3.8, 4) is 11.5 Å². The SMILES string of the molecule is C=Cc1cc(Oc2cncnc2)cc(C(=O)Nc2cc(F)c(C)cn2)c1.CC.[HH]. The third-order valence-electron chi connectivity index (χ3n) is 3.48. The van der Waals surface area contributed by atoms with Crippen molar-refractivity contribution in [1.29, 1.82) is 0 Å². The summed E-state index contributed by atoms with van der Waals surface area (Å²) in [7, 11) is 0. The van der Waals surface area contributed by atoms with Crippen LogP contribution in [0.15, 0.2) is 55.8 Å². The summed E-state index contributed by atoms with van der Waals surface area (Å²) in [6.07, 6.45) is 7.35.